The number of imide groups is 1. The molecule has 26 heavy (non-hydrogen) atoms. The highest BCUT2D eigenvalue weighted by molar-refractivity contribution is 6.33. The second-order valence-electron chi connectivity index (χ2n) is 6.31. The fourth-order valence-corrected chi connectivity index (χ4v) is 3.83. The number of carbonyl (C=O) groups excluding carboxylic acids is 2. The predicted molar refractivity (Wildman–Crippen MR) is 84.2 cm³/mol. The third kappa shape index (κ3) is 2.66. The van der Waals surface area contributed by atoms with E-state index < -0.39 is 23.6 Å². The molecule has 4 atom stereocenters. The van der Waals surface area contributed by atoms with E-state index in [0.29, 0.717) is 6.20 Å². The summed E-state index contributed by atoms with van der Waals surface area (Å²) in [6.45, 7) is 0.196. The van der Waals surface area contributed by atoms with Gasteiger partial charge in [-0.15, -0.1) is 0 Å². The van der Waals surface area contributed by atoms with Gasteiger partial charge in [-0.2, -0.15) is 13.2 Å². The molecule has 3 aliphatic heterocycles. The van der Waals surface area contributed by atoms with E-state index in [0.717, 1.165) is 11.0 Å². The van der Waals surface area contributed by atoms with Crippen LogP contribution >= 0.6 is 11.6 Å². The van der Waals surface area contributed by atoms with Crippen molar-refractivity contribution >= 4 is 29.2 Å². The van der Waals surface area contributed by atoms with Crippen LogP contribution in [0.1, 0.15) is 5.56 Å². The maximum absolute atomic E-state index is 12.6. The molecule has 2 amide bonds. The van der Waals surface area contributed by atoms with E-state index in [9.17, 15) is 22.8 Å². The van der Waals surface area contributed by atoms with Crippen molar-refractivity contribution in [2.24, 2.45) is 11.8 Å². The quantitative estimate of drug-likeness (QED) is 0.633. The Morgan fingerprint density at radius 1 is 1.19 bits per heavy atom. The first kappa shape index (κ1) is 17.3. The molecule has 3 aliphatic rings. The van der Waals surface area contributed by atoms with Crippen LogP contribution in [0.25, 0.3) is 0 Å². The number of anilines is 1. The second kappa shape index (κ2) is 5.95. The number of fused-ring (bicyclic) bond motifs is 5. The number of halogens is 4. The number of hydrogen-bond acceptors (Lipinski definition) is 5. The Labute approximate surface area is 151 Å². The number of likely N-dealkylation sites (tertiary alicyclic amines) is 1. The average Bonchev–Trinajstić information content (AvgIpc) is 3.24. The molecule has 1 aromatic heterocycles. The molecule has 1 aromatic rings. The highest BCUT2D eigenvalue weighted by Crippen LogP contribution is 2.44. The van der Waals surface area contributed by atoms with Gasteiger partial charge < -0.3 is 10.1 Å². The van der Waals surface area contributed by atoms with Crippen molar-refractivity contribution in [1.82, 2.24) is 9.88 Å². The molecule has 4 heterocycles. The zero-order valence-corrected chi connectivity index (χ0v) is 13.9. The number of amides is 2. The largest absolute Gasteiger partial charge is 0.417 e. The summed E-state index contributed by atoms with van der Waals surface area (Å²) in [7, 11) is 0. The van der Waals surface area contributed by atoms with Gasteiger partial charge in [0, 0.05) is 19.3 Å². The fourth-order valence-electron chi connectivity index (χ4n) is 3.59. The molecule has 1 N–H and O–H groups in total. The van der Waals surface area contributed by atoms with Gasteiger partial charge in [-0.25, -0.2) is 4.98 Å². The number of alkyl halides is 3. The lowest BCUT2D eigenvalue weighted by molar-refractivity contribution is -0.142. The maximum Gasteiger partial charge on any atom is 0.417 e. The van der Waals surface area contributed by atoms with E-state index in [-0.39, 0.29) is 48.0 Å². The highest BCUT2D eigenvalue weighted by Gasteiger charge is 2.60. The van der Waals surface area contributed by atoms with Gasteiger partial charge in [0.15, 0.2) is 0 Å². The summed E-state index contributed by atoms with van der Waals surface area (Å²) in [6, 6.07) is 0.772. The molecule has 0 saturated carbocycles. The highest BCUT2D eigenvalue weighted by atomic mass is 35.5. The molecule has 0 aliphatic carbocycles. The number of nitrogens with one attached hydrogen (secondary N) is 1. The second-order valence-corrected chi connectivity index (χ2v) is 6.72. The summed E-state index contributed by atoms with van der Waals surface area (Å²) in [5.41, 5.74) is -0.950. The van der Waals surface area contributed by atoms with Crippen LogP contribution < -0.4 is 5.32 Å². The summed E-state index contributed by atoms with van der Waals surface area (Å²) >= 11 is 5.82. The normalized spacial score (nSPS) is 29.6. The van der Waals surface area contributed by atoms with Crippen molar-refractivity contribution in [3.8, 4) is 0 Å². The molecule has 0 spiro atoms. The molecule has 0 aromatic carbocycles. The van der Waals surface area contributed by atoms with E-state index in [1.165, 1.54) is 0 Å². The van der Waals surface area contributed by atoms with Crippen LogP contribution in [-0.4, -0.2) is 47.0 Å². The number of hydrogen-bond donors (Lipinski definition) is 1. The van der Waals surface area contributed by atoms with Crippen LogP contribution in [0.3, 0.4) is 0 Å². The molecule has 2 bridgehead atoms. The number of carbonyl (C=O) groups is 2. The van der Waals surface area contributed by atoms with Crippen molar-refractivity contribution < 1.29 is 27.5 Å². The first-order chi connectivity index (χ1) is 12.3. The van der Waals surface area contributed by atoms with Gasteiger partial charge in [0.05, 0.1) is 34.6 Å². The SMILES string of the molecule is O=C1[C@H]2[C@H](C(=O)N1CCNc1ncc(C(F)(F)F)cc1Cl)[C@H]1C=C[C@H]2O1. The van der Waals surface area contributed by atoms with Crippen LogP contribution in [0.2, 0.25) is 5.02 Å². The van der Waals surface area contributed by atoms with E-state index in [2.05, 4.69) is 10.3 Å². The van der Waals surface area contributed by atoms with Crippen molar-refractivity contribution in [3.05, 3.63) is 35.0 Å². The van der Waals surface area contributed by atoms with Crippen LogP contribution in [0.4, 0.5) is 19.0 Å². The molecular formula is C16H13ClF3N3O3. The van der Waals surface area contributed by atoms with Crippen LogP contribution in [-0.2, 0) is 20.5 Å². The van der Waals surface area contributed by atoms with E-state index >= 15 is 0 Å². The van der Waals surface area contributed by atoms with Gasteiger partial charge in [0.25, 0.3) is 0 Å². The first-order valence-corrected chi connectivity index (χ1v) is 8.31. The number of pyridine rings is 1. The Balaban J connectivity index is 1.39. The van der Waals surface area contributed by atoms with Crippen molar-refractivity contribution in [3.63, 3.8) is 0 Å². The minimum absolute atomic E-state index is 0.0593. The van der Waals surface area contributed by atoms with Crippen molar-refractivity contribution in [1.29, 1.82) is 0 Å². The number of rotatable bonds is 4. The smallest absolute Gasteiger partial charge is 0.367 e. The molecular weight excluding hydrogens is 375 g/mol. The number of aromatic nitrogens is 1. The Kier molecular flexibility index (Phi) is 3.96. The Morgan fingerprint density at radius 2 is 1.81 bits per heavy atom. The monoisotopic (exact) mass is 387 g/mol. The third-order valence-electron chi connectivity index (χ3n) is 4.80. The third-order valence-corrected chi connectivity index (χ3v) is 5.09. The van der Waals surface area contributed by atoms with Crippen LogP contribution in [0, 0.1) is 11.8 Å². The lowest BCUT2D eigenvalue weighted by atomic mass is 9.85. The Hall–Kier alpha value is -2.13. The van der Waals surface area contributed by atoms with Crippen molar-refractivity contribution in [2.45, 2.75) is 18.4 Å². The van der Waals surface area contributed by atoms with Gasteiger partial charge in [-0.05, 0) is 6.07 Å². The molecule has 4 rings (SSSR count). The lowest BCUT2D eigenvalue weighted by Gasteiger charge is -2.18. The minimum Gasteiger partial charge on any atom is -0.367 e. The van der Waals surface area contributed by atoms with Gasteiger partial charge in [0.1, 0.15) is 5.82 Å². The molecule has 2 saturated heterocycles. The number of nitrogens with zero attached hydrogens (tertiary/aromatic N) is 2. The first-order valence-electron chi connectivity index (χ1n) is 7.93. The molecule has 6 nitrogen and oxygen atoms in total. The van der Waals surface area contributed by atoms with Gasteiger partial charge >= 0.3 is 6.18 Å². The maximum atomic E-state index is 12.6. The molecule has 10 heteroatoms. The summed E-state index contributed by atoms with van der Waals surface area (Å²) in [5.74, 6) is -1.48. The Morgan fingerprint density at radius 3 is 2.35 bits per heavy atom. The predicted octanol–water partition coefficient (Wildman–Crippen LogP) is 2.10. The standard InChI is InChI=1S/C16H13ClF3N3O3/c17-8-5-7(16(18,19)20)6-22-13(8)21-3-4-23-14(24)11-9-1-2-10(26-9)12(11)15(23)25/h1-2,5-6,9-12H,3-4H2,(H,21,22)/t9-,10-,11-,12-/m1/s1. The summed E-state index contributed by atoms with van der Waals surface area (Å²) in [5, 5.41) is 2.57. The van der Waals surface area contributed by atoms with E-state index in [1.54, 1.807) is 12.2 Å². The van der Waals surface area contributed by atoms with Crippen LogP contribution in [0.5, 0.6) is 0 Å². The fraction of sp³-hybridized carbons (Fsp3) is 0.438. The molecule has 2 fully saturated rings. The van der Waals surface area contributed by atoms with Gasteiger partial charge in [0.2, 0.25) is 11.8 Å². The van der Waals surface area contributed by atoms with Crippen LogP contribution in [0.15, 0.2) is 24.4 Å². The zero-order chi connectivity index (χ0) is 18.6. The van der Waals surface area contributed by atoms with E-state index in [4.69, 9.17) is 16.3 Å². The van der Waals surface area contributed by atoms with Gasteiger partial charge in [-0.1, -0.05) is 23.8 Å². The lowest BCUT2D eigenvalue weighted by Crippen LogP contribution is -2.37. The molecule has 138 valence electrons. The molecule has 0 unspecified atom stereocenters. The summed E-state index contributed by atoms with van der Waals surface area (Å²) in [4.78, 5) is 29.7. The molecule has 0 radical (unpaired) electrons. The van der Waals surface area contributed by atoms with E-state index in [1.807, 2.05) is 0 Å². The Bertz CT molecular complexity index is 784. The van der Waals surface area contributed by atoms with Crippen molar-refractivity contribution in [2.75, 3.05) is 18.4 Å². The summed E-state index contributed by atoms with van der Waals surface area (Å²) in [6.07, 6.45) is -0.978. The average molecular weight is 388 g/mol. The number of ether oxygens (including phenoxy) is 1. The zero-order valence-electron chi connectivity index (χ0n) is 13.2. The topological polar surface area (TPSA) is 71.5 Å². The summed E-state index contributed by atoms with van der Waals surface area (Å²) < 4.78 is 43.4. The van der Waals surface area contributed by atoms with Gasteiger partial charge in [-0.3, -0.25) is 14.5 Å². The minimum atomic E-state index is -4.53.